The molecule has 0 amide bonds. The van der Waals surface area contributed by atoms with Crippen LogP contribution in [0.3, 0.4) is 0 Å². The van der Waals surface area contributed by atoms with Crippen molar-refractivity contribution in [3.8, 4) is 0 Å². The molecule has 4 aromatic heterocycles. The molecule has 3 aliphatic heterocycles. The molecule has 0 aliphatic carbocycles. The number of hydrogen-bond donors (Lipinski definition) is 5. The molecule has 2 saturated heterocycles. The topological polar surface area (TPSA) is 170 Å². The number of morpholine rings is 2. The predicted molar refractivity (Wildman–Crippen MR) is 199 cm³/mol. The van der Waals surface area contributed by atoms with Gasteiger partial charge in [0.15, 0.2) is 23.3 Å². The Kier molecular flexibility index (Phi) is 9.81. The fourth-order valence-electron chi connectivity index (χ4n) is 6.37. The minimum atomic E-state index is 0.152. The van der Waals surface area contributed by atoms with Crippen molar-refractivity contribution >= 4 is 51.4 Å². The van der Waals surface area contributed by atoms with Crippen molar-refractivity contribution in [3.05, 3.63) is 58.6 Å². The smallest absolute Gasteiger partial charge is 0.178 e. The molecule has 7 heterocycles. The number of aromatic nitrogens is 4. The SMILES string of the molecule is Cc1ccc2c(N=C3N=C(Nc4c(NCCN5CCOCC5)nn5c(C)c(C)ccc45)C(=N)C=C3N)c(NCCN3CCOCC3)nn2c1C. The van der Waals surface area contributed by atoms with Crippen LogP contribution < -0.4 is 21.7 Å². The molecule has 7 rings (SSSR count). The first-order valence-electron chi connectivity index (χ1n) is 17.3. The normalized spacial score (nSPS) is 18.6. The van der Waals surface area contributed by atoms with E-state index in [4.69, 9.17) is 40.8 Å². The largest absolute Gasteiger partial charge is 0.396 e. The number of rotatable bonds is 10. The highest BCUT2D eigenvalue weighted by molar-refractivity contribution is 6.52. The van der Waals surface area contributed by atoms with Gasteiger partial charge in [0.1, 0.15) is 11.4 Å². The van der Waals surface area contributed by atoms with Crippen molar-refractivity contribution in [2.75, 3.05) is 94.7 Å². The second-order valence-electron chi connectivity index (χ2n) is 13.0. The average molecular weight is 682 g/mol. The van der Waals surface area contributed by atoms with Gasteiger partial charge in [-0.3, -0.25) is 15.2 Å². The molecule has 50 heavy (non-hydrogen) atoms. The van der Waals surface area contributed by atoms with Gasteiger partial charge in [-0.15, -0.1) is 10.2 Å². The van der Waals surface area contributed by atoms with Gasteiger partial charge in [0.25, 0.3) is 0 Å². The highest BCUT2D eigenvalue weighted by atomic mass is 16.5. The third kappa shape index (κ3) is 6.94. The molecule has 0 bridgehead atoms. The van der Waals surface area contributed by atoms with Crippen LogP contribution >= 0.6 is 0 Å². The highest BCUT2D eigenvalue weighted by Crippen LogP contribution is 2.33. The van der Waals surface area contributed by atoms with E-state index in [0.717, 1.165) is 105 Å². The predicted octanol–water partition coefficient (Wildman–Crippen LogP) is 3.12. The maximum absolute atomic E-state index is 8.85. The molecule has 3 aliphatic rings. The van der Waals surface area contributed by atoms with Crippen molar-refractivity contribution in [3.63, 3.8) is 0 Å². The molecule has 15 nitrogen and oxygen atoms in total. The zero-order valence-corrected chi connectivity index (χ0v) is 29.3. The highest BCUT2D eigenvalue weighted by Gasteiger charge is 2.24. The Hall–Kier alpha value is -4.83. The van der Waals surface area contributed by atoms with Gasteiger partial charge in [0, 0.05) is 63.7 Å². The third-order valence-corrected chi connectivity index (χ3v) is 9.72. The van der Waals surface area contributed by atoms with Gasteiger partial charge in [-0.25, -0.2) is 19.0 Å². The summed E-state index contributed by atoms with van der Waals surface area (Å²) in [6.07, 6.45) is 1.59. The minimum absolute atomic E-state index is 0.152. The van der Waals surface area contributed by atoms with E-state index >= 15 is 0 Å². The lowest BCUT2D eigenvalue weighted by molar-refractivity contribution is 0.0398. The van der Waals surface area contributed by atoms with E-state index in [1.54, 1.807) is 6.08 Å². The summed E-state index contributed by atoms with van der Waals surface area (Å²) in [5.74, 6) is 1.97. The average Bonchev–Trinajstić information content (AvgIpc) is 3.65. The first kappa shape index (κ1) is 33.7. The summed E-state index contributed by atoms with van der Waals surface area (Å²) in [5, 5.41) is 29.2. The minimum Gasteiger partial charge on any atom is -0.396 e. The lowest BCUT2D eigenvalue weighted by Gasteiger charge is -2.26. The molecular formula is C35H47N13O2. The lowest BCUT2D eigenvalue weighted by Crippen LogP contribution is -2.39. The molecular weight excluding hydrogens is 634 g/mol. The number of anilines is 3. The summed E-state index contributed by atoms with van der Waals surface area (Å²) in [6, 6.07) is 8.21. The van der Waals surface area contributed by atoms with Gasteiger partial charge in [-0.05, 0) is 57.0 Å². The van der Waals surface area contributed by atoms with Gasteiger partial charge in [-0.2, -0.15) is 0 Å². The molecule has 2 fully saturated rings. The Morgan fingerprint density at radius 3 is 1.94 bits per heavy atom. The fraction of sp³-hybridized carbons (Fsp3) is 0.457. The summed E-state index contributed by atoms with van der Waals surface area (Å²) in [6.45, 7) is 18.0. The van der Waals surface area contributed by atoms with Crippen LogP contribution in [0.4, 0.5) is 23.0 Å². The maximum atomic E-state index is 8.85. The van der Waals surface area contributed by atoms with Crippen molar-refractivity contribution in [2.45, 2.75) is 27.7 Å². The van der Waals surface area contributed by atoms with E-state index in [-0.39, 0.29) is 5.71 Å². The second kappa shape index (κ2) is 14.6. The van der Waals surface area contributed by atoms with Gasteiger partial charge in [-0.1, -0.05) is 12.1 Å². The summed E-state index contributed by atoms with van der Waals surface area (Å²) < 4.78 is 14.9. The monoisotopic (exact) mass is 681 g/mol. The molecule has 264 valence electrons. The summed E-state index contributed by atoms with van der Waals surface area (Å²) in [5.41, 5.74) is 14.4. The Bertz CT molecular complexity index is 1990. The number of aryl methyl sites for hydroxylation is 4. The van der Waals surface area contributed by atoms with Crippen molar-refractivity contribution in [1.82, 2.24) is 29.0 Å². The molecule has 15 heteroatoms. The van der Waals surface area contributed by atoms with Gasteiger partial charge in [0.05, 0.1) is 48.9 Å². The van der Waals surface area contributed by atoms with Crippen LogP contribution in [-0.4, -0.2) is 125 Å². The maximum Gasteiger partial charge on any atom is 0.178 e. The third-order valence-electron chi connectivity index (χ3n) is 9.72. The van der Waals surface area contributed by atoms with Crippen LogP contribution in [-0.2, 0) is 9.47 Å². The number of hydrogen-bond acceptors (Lipinski definition) is 12. The van der Waals surface area contributed by atoms with Crippen LogP contribution in [0.15, 0.2) is 46.0 Å². The number of pyridine rings is 2. The van der Waals surface area contributed by atoms with E-state index in [0.29, 0.717) is 47.8 Å². The number of nitrogens with two attached hydrogens (primary N) is 1. The van der Waals surface area contributed by atoms with Crippen LogP contribution in [0, 0.1) is 33.1 Å². The van der Waals surface area contributed by atoms with E-state index < -0.39 is 0 Å². The molecule has 0 aromatic carbocycles. The van der Waals surface area contributed by atoms with Gasteiger partial charge >= 0.3 is 0 Å². The van der Waals surface area contributed by atoms with Crippen LogP contribution in [0.5, 0.6) is 0 Å². The molecule has 6 N–H and O–H groups in total. The summed E-state index contributed by atoms with van der Waals surface area (Å²) in [7, 11) is 0. The van der Waals surface area contributed by atoms with E-state index in [9.17, 15) is 0 Å². The van der Waals surface area contributed by atoms with Gasteiger partial charge in [0.2, 0.25) is 0 Å². The molecule has 0 unspecified atom stereocenters. The number of nitrogens with one attached hydrogen (secondary N) is 4. The fourth-order valence-corrected chi connectivity index (χ4v) is 6.37. The Morgan fingerprint density at radius 2 is 1.32 bits per heavy atom. The van der Waals surface area contributed by atoms with Crippen LogP contribution in [0.1, 0.15) is 22.5 Å². The first-order valence-corrected chi connectivity index (χ1v) is 17.3. The molecule has 0 spiro atoms. The molecule has 0 atom stereocenters. The lowest BCUT2D eigenvalue weighted by atomic mass is 10.2. The molecule has 0 radical (unpaired) electrons. The number of fused-ring (bicyclic) bond motifs is 2. The number of ether oxygens (including phenoxy) is 2. The Labute approximate surface area is 291 Å². The second-order valence-corrected chi connectivity index (χ2v) is 13.0. The van der Waals surface area contributed by atoms with Crippen LogP contribution in [0.25, 0.3) is 11.0 Å². The Balaban J connectivity index is 1.21. The quantitative estimate of drug-likeness (QED) is 0.168. The zero-order chi connectivity index (χ0) is 34.8. The molecule has 4 aromatic rings. The number of aliphatic imine (C=N–C) groups is 2. The Morgan fingerprint density at radius 1 is 0.780 bits per heavy atom. The van der Waals surface area contributed by atoms with Crippen molar-refractivity contribution < 1.29 is 9.47 Å². The standard InChI is InChI=1S/C35H47N13O2/c1-22-5-7-28-30(34(43-47(28)24(22)3)38-9-11-45-13-17-49-18-14-45)40-32-26(36)21-27(37)33(42-32)41-31-29-8-6-23(2)25(4)48(29)44-35(31)39-10-12-46-15-19-50-20-16-46/h5-8,21,36H,9-20,37H2,1-4H3,(H,38,43)(H,39,44)(H,40,41,42). The van der Waals surface area contributed by atoms with Crippen molar-refractivity contribution in [1.29, 1.82) is 5.41 Å². The first-order chi connectivity index (χ1) is 24.3. The van der Waals surface area contributed by atoms with Crippen LogP contribution in [0.2, 0.25) is 0 Å². The van der Waals surface area contributed by atoms with E-state index in [1.165, 1.54) is 0 Å². The summed E-state index contributed by atoms with van der Waals surface area (Å²) in [4.78, 5) is 14.6. The number of amidine groups is 2. The summed E-state index contributed by atoms with van der Waals surface area (Å²) >= 11 is 0. The van der Waals surface area contributed by atoms with E-state index in [1.807, 2.05) is 28.1 Å². The number of dihydropyridines is 1. The van der Waals surface area contributed by atoms with E-state index in [2.05, 4.69) is 58.7 Å². The van der Waals surface area contributed by atoms with Gasteiger partial charge < -0.3 is 31.2 Å². The zero-order valence-electron chi connectivity index (χ0n) is 29.3. The number of nitrogens with zero attached hydrogens (tertiary/aromatic N) is 8. The molecule has 0 saturated carbocycles. The van der Waals surface area contributed by atoms with Crippen molar-refractivity contribution in [2.24, 2.45) is 15.7 Å².